The van der Waals surface area contributed by atoms with Crippen molar-refractivity contribution in [3.05, 3.63) is 71.3 Å². The van der Waals surface area contributed by atoms with Gasteiger partial charge in [0.05, 0.1) is 6.61 Å². The molecular weight excluding hydrogens is 482 g/mol. The Morgan fingerprint density at radius 1 is 1.00 bits per heavy atom. The molecule has 0 saturated heterocycles. The molecule has 8 heteroatoms. The zero-order chi connectivity index (χ0) is 28.1. The monoisotopic (exact) mass is 525 g/mol. The molecule has 2 rings (SSSR count). The van der Waals surface area contributed by atoms with Crippen LogP contribution in [0.2, 0.25) is 0 Å². The number of aliphatic hydroxyl groups excluding tert-OH is 1. The predicted molar refractivity (Wildman–Crippen MR) is 148 cm³/mol. The molecule has 8 nitrogen and oxygen atoms in total. The molecule has 0 heterocycles. The molecule has 38 heavy (non-hydrogen) atoms. The molecule has 0 aliphatic heterocycles. The average molecular weight is 526 g/mol. The van der Waals surface area contributed by atoms with E-state index < -0.39 is 36.3 Å². The normalized spacial score (nSPS) is 12.8. The van der Waals surface area contributed by atoms with Crippen LogP contribution in [0.1, 0.15) is 76.1 Å². The summed E-state index contributed by atoms with van der Waals surface area (Å²) in [7, 11) is 0. The van der Waals surface area contributed by atoms with Gasteiger partial charge in [-0.2, -0.15) is 0 Å². The SMILES string of the molecule is CCCCCCN(C(=O)C(CO)NC(=O)OC(C)(C)C)C(C(=O)NCc1ccccc1)c1cccc(C)c1. The minimum atomic E-state index is -1.26. The smallest absolute Gasteiger partial charge is 0.408 e. The fourth-order valence-electron chi connectivity index (χ4n) is 4.11. The molecule has 0 saturated carbocycles. The van der Waals surface area contributed by atoms with Crippen LogP contribution in [-0.4, -0.2) is 52.7 Å². The number of nitrogens with zero attached hydrogens (tertiary/aromatic N) is 1. The molecule has 2 aromatic rings. The van der Waals surface area contributed by atoms with Crippen LogP contribution in [0.3, 0.4) is 0 Å². The highest BCUT2D eigenvalue weighted by Gasteiger charge is 2.35. The van der Waals surface area contributed by atoms with Gasteiger partial charge in [0.2, 0.25) is 11.8 Å². The van der Waals surface area contributed by atoms with Gasteiger partial charge >= 0.3 is 6.09 Å². The highest BCUT2D eigenvalue weighted by Crippen LogP contribution is 2.25. The van der Waals surface area contributed by atoms with E-state index in [1.54, 1.807) is 20.8 Å². The van der Waals surface area contributed by atoms with E-state index in [-0.39, 0.29) is 5.91 Å². The van der Waals surface area contributed by atoms with Gasteiger partial charge in [0, 0.05) is 13.1 Å². The largest absolute Gasteiger partial charge is 0.444 e. The standard InChI is InChI=1S/C30H43N3O5/c1-6-7-8-12-18-33(28(36)25(21-34)32-29(37)38-30(3,4)5)26(24-17-13-14-22(2)19-24)27(35)31-20-23-15-10-9-11-16-23/h9-11,13-17,19,25-26,34H,6-8,12,18,20-21H2,1-5H3,(H,31,35)(H,32,37). The van der Waals surface area contributed by atoms with E-state index in [2.05, 4.69) is 17.6 Å². The number of nitrogens with one attached hydrogen (secondary N) is 2. The highest BCUT2D eigenvalue weighted by molar-refractivity contribution is 5.92. The summed E-state index contributed by atoms with van der Waals surface area (Å²) in [6, 6.07) is 14.8. The Bertz CT molecular complexity index is 1040. The number of alkyl carbamates (subject to hydrolysis) is 1. The number of carbonyl (C=O) groups excluding carboxylic acids is 3. The highest BCUT2D eigenvalue weighted by atomic mass is 16.6. The van der Waals surface area contributed by atoms with Crippen LogP contribution in [0, 0.1) is 6.92 Å². The molecule has 208 valence electrons. The van der Waals surface area contributed by atoms with E-state index in [9.17, 15) is 19.5 Å². The summed E-state index contributed by atoms with van der Waals surface area (Å²) >= 11 is 0. The van der Waals surface area contributed by atoms with Gasteiger partial charge in [0.25, 0.3) is 0 Å². The zero-order valence-electron chi connectivity index (χ0n) is 23.3. The molecule has 2 atom stereocenters. The first-order valence-corrected chi connectivity index (χ1v) is 13.3. The van der Waals surface area contributed by atoms with Crippen molar-refractivity contribution in [2.75, 3.05) is 13.2 Å². The van der Waals surface area contributed by atoms with E-state index >= 15 is 0 Å². The Hall–Kier alpha value is -3.39. The maximum absolute atomic E-state index is 13.8. The van der Waals surface area contributed by atoms with Gasteiger partial charge in [0.1, 0.15) is 17.7 Å². The van der Waals surface area contributed by atoms with Crippen molar-refractivity contribution in [2.45, 2.75) is 84.5 Å². The van der Waals surface area contributed by atoms with E-state index in [1.165, 1.54) is 4.90 Å². The molecule has 0 bridgehead atoms. The summed E-state index contributed by atoms with van der Waals surface area (Å²) in [5.41, 5.74) is 1.78. The molecule has 2 aromatic carbocycles. The molecule has 0 aliphatic rings. The molecule has 0 spiro atoms. The Morgan fingerprint density at radius 2 is 1.71 bits per heavy atom. The average Bonchev–Trinajstić information content (AvgIpc) is 2.87. The van der Waals surface area contributed by atoms with Crippen LogP contribution in [0.15, 0.2) is 54.6 Å². The van der Waals surface area contributed by atoms with Crippen molar-refractivity contribution >= 4 is 17.9 Å². The minimum Gasteiger partial charge on any atom is -0.444 e. The van der Waals surface area contributed by atoms with Crippen LogP contribution in [-0.2, 0) is 20.9 Å². The fourth-order valence-corrected chi connectivity index (χ4v) is 4.11. The number of rotatable bonds is 13. The summed E-state index contributed by atoms with van der Waals surface area (Å²) < 4.78 is 5.30. The number of hydrogen-bond acceptors (Lipinski definition) is 5. The number of carbonyl (C=O) groups is 3. The zero-order valence-corrected chi connectivity index (χ0v) is 23.3. The quantitative estimate of drug-likeness (QED) is 0.330. The number of hydrogen-bond donors (Lipinski definition) is 3. The second kappa shape index (κ2) is 15.1. The molecule has 2 unspecified atom stereocenters. The van der Waals surface area contributed by atoms with Gasteiger partial charge < -0.3 is 25.4 Å². The molecule has 0 fully saturated rings. The maximum atomic E-state index is 13.8. The second-order valence-corrected chi connectivity index (χ2v) is 10.5. The van der Waals surface area contributed by atoms with Crippen molar-refractivity contribution in [1.82, 2.24) is 15.5 Å². The van der Waals surface area contributed by atoms with Crippen molar-refractivity contribution in [3.8, 4) is 0 Å². The number of ether oxygens (including phenoxy) is 1. The minimum absolute atomic E-state index is 0.294. The van der Waals surface area contributed by atoms with Crippen LogP contribution in [0.25, 0.3) is 0 Å². The van der Waals surface area contributed by atoms with Gasteiger partial charge in [-0.1, -0.05) is 86.3 Å². The number of aryl methyl sites for hydroxylation is 1. The lowest BCUT2D eigenvalue weighted by molar-refractivity contribution is -0.143. The maximum Gasteiger partial charge on any atom is 0.408 e. The molecule has 3 N–H and O–H groups in total. The molecule has 3 amide bonds. The summed E-state index contributed by atoms with van der Waals surface area (Å²) in [6.07, 6.45) is 2.77. The first kappa shape index (κ1) is 30.8. The lowest BCUT2D eigenvalue weighted by Gasteiger charge is -2.34. The van der Waals surface area contributed by atoms with Crippen molar-refractivity contribution in [3.63, 3.8) is 0 Å². The van der Waals surface area contributed by atoms with Gasteiger partial charge in [-0.15, -0.1) is 0 Å². The van der Waals surface area contributed by atoms with E-state index in [1.807, 2.05) is 61.5 Å². The van der Waals surface area contributed by atoms with Crippen LogP contribution >= 0.6 is 0 Å². The first-order valence-electron chi connectivity index (χ1n) is 13.3. The first-order chi connectivity index (χ1) is 18.1. The summed E-state index contributed by atoms with van der Waals surface area (Å²) in [5.74, 6) is -0.881. The Labute approximate surface area is 226 Å². The number of amides is 3. The Morgan fingerprint density at radius 3 is 2.32 bits per heavy atom. The summed E-state index contributed by atoms with van der Waals surface area (Å²) in [5, 5.41) is 15.5. The second-order valence-electron chi connectivity index (χ2n) is 10.5. The topological polar surface area (TPSA) is 108 Å². The van der Waals surface area contributed by atoms with Gasteiger partial charge in [0.15, 0.2) is 0 Å². The van der Waals surface area contributed by atoms with Crippen molar-refractivity contribution in [1.29, 1.82) is 0 Å². The lowest BCUT2D eigenvalue weighted by Crippen LogP contribution is -2.54. The predicted octanol–water partition coefficient (Wildman–Crippen LogP) is 4.65. The lowest BCUT2D eigenvalue weighted by atomic mass is 10.00. The van der Waals surface area contributed by atoms with Crippen molar-refractivity contribution < 1.29 is 24.2 Å². The van der Waals surface area contributed by atoms with Crippen LogP contribution < -0.4 is 10.6 Å². The van der Waals surface area contributed by atoms with Crippen molar-refractivity contribution in [2.24, 2.45) is 0 Å². The summed E-state index contributed by atoms with van der Waals surface area (Å²) in [6.45, 7) is 9.14. The Balaban J connectivity index is 2.40. The molecular formula is C30H43N3O5. The van der Waals surface area contributed by atoms with Crippen LogP contribution in [0.5, 0.6) is 0 Å². The van der Waals surface area contributed by atoms with Gasteiger partial charge in [-0.25, -0.2) is 4.79 Å². The number of benzene rings is 2. The van der Waals surface area contributed by atoms with E-state index in [4.69, 9.17) is 4.74 Å². The van der Waals surface area contributed by atoms with E-state index in [0.29, 0.717) is 25.1 Å². The molecule has 0 aliphatic carbocycles. The molecule has 0 aromatic heterocycles. The number of unbranched alkanes of at least 4 members (excludes halogenated alkanes) is 3. The molecule has 0 radical (unpaired) electrons. The van der Waals surface area contributed by atoms with E-state index in [0.717, 1.165) is 30.4 Å². The summed E-state index contributed by atoms with van der Waals surface area (Å²) in [4.78, 5) is 41.5. The third kappa shape index (κ3) is 10.2. The van der Waals surface area contributed by atoms with Crippen LogP contribution in [0.4, 0.5) is 4.79 Å². The fraction of sp³-hybridized carbons (Fsp3) is 0.500. The Kier molecular flexibility index (Phi) is 12.3. The number of aliphatic hydroxyl groups is 1. The van der Waals surface area contributed by atoms with Gasteiger partial charge in [-0.05, 0) is 45.2 Å². The van der Waals surface area contributed by atoms with Gasteiger partial charge in [-0.3, -0.25) is 9.59 Å². The third-order valence-electron chi connectivity index (χ3n) is 5.93. The third-order valence-corrected chi connectivity index (χ3v) is 5.93.